The lowest BCUT2D eigenvalue weighted by Gasteiger charge is -2.57. The van der Waals surface area contributed by atoms with Crippen molar-refractivity contribution >= 4 is 17.4 Å². The number of Topliss-reactive ketones (excluding diaryl/α,β-unsaturated/α-hetero) is 1. The number of fused-ring (bicyclic) bond motifs is 3. The van der Waals surface area contributed by atoms with Gasteiger partial charge >= 0.3 is 0 Å². The normalized spacial score (nSPS) is 29.9. The van der Waals surface area contributed by atoms with Crippen molar-refractivity contribution < 1.29 is 9.59 Å². The minimum atomic E-state index is -0.250. The number of anilines is 1. The van der Waals surface area contributed by atoms with Crippen molar-refractivity contribution in [2.45, 2.75) is 51.4 Å². The lowest BCUT2D eigenvalue weighted by molar-refractivity contribution is -0.141. The van der Waals surface area contributed by atoms with E-state index >= 15 is 0 Å². The van der Waals surface area contributed by atoms with E-state index in [1.165, 1.54) is 5.56 Å². The number of hydrogen-bond donors (Lipinski definition) is 1. The van der Waals surface area contributed by atoms with Crippen LogP contribution in [-0.2, 0) is 15.0 Å². The summed E-state index contributed by atoms with van der Waals surface area (Å²) in [5.41, 5.74) is 1.83. The Labute approximate surface area is 126 Å². The van der Waals surface area contributed by atoms with Crippen molar-refractivity contribution in [3.05, 3.63) is 29.8 Å². The number of unbranched alkanes of at least 4 members (excludes halogenated alkanes) is 2. The van der Waals surface area contributed by atoms with Crippen LogP contribution in [0.1, 0.15) is 51.5 Å². The largest absolute Gasteiger partial charge is 0.326 e. The van der Waals surface area contributed by atoms with Crippen molar-refractivity contribution in [2.24, 2.45) is 11.8 Å². The summed E-state index contributed by atoms with van der Waals surface area (Å²) >= 11 is 0. The molecule has 1 amide bonds. The van der Waals surface area contributed by atoms with Crippen molar-refractivity contribution in [1.29, 1.82) is 0 Å². The number of hydrogen-bond acceptors (Lipinski definition) is 2. The van der Waals surface area contributed by atoms with Gasteiger partial charge in [-0.1, -0.05) is 44.4 Å². The number of benzene rings is 1. The summed E-state index contributed by atoms with van der Waals surface area (Å²) in [5, 5.41) is 3.02. The van der Waals surface area contributed by atoms with Gasteiger partial charge < -0.3 is 5.32 Å². The topological polar surface area (TPSA) is 46.2 Å². The number of ketones is 1. The molecule has 0 saturated heterocycles. The number of rotatable bonds is 5. The molecule has 0 bridgehead atoms. The van der Waals surface area contributed by atoms with Gasteiger partial charge in [0.2, 0.25) is 5.91 Å². The molecule has 1 heterocycles. The number of amides is 1. The van der Waals surface area contributed by atoms with E-state index in [9.17, 15) is 9.59 Å². The fourth-order valence-electron chi connectivity index (χ4n) is 4.35. The maximum Gasteiger partial charge on any atom is 0.228 e. The minimum absolute atomic E-state index is 0.00607. The predicted octanol–water partition coefficient (Wildman–Crippen LogP) is 3.68. The molecular formula is C18H23NO2. The molecule has 0 aromatic heterocycles. The lowest BCUT2D eigenvalue weighted by Crippen LogP contribution is -2.62. The molecule has 1 aliphatic heterocycles. The van der Waals surface area contributed by atoms with Gasteiger partial charge in [0.15, 0.2) is 0 Å². The Bertz CT molecular complexity index is 580. The van der Waals surface area contributed by atoms with Crippen LogP contribution in [0.25, 0.3) is 0 Å². The second-order valence-corrected chi connectivity index (χ2v) is 6.48. The van der Waals surface area contributed by atoms with Crippen molar-refractivity contribution in [3.63, 3.8) is 0 Å². The molecule has 1 aliphatic carbocycles. The van der Waals surface area contributed by atoms with Crippen LogP contribution in [-0.4, -0.2) is 11.7 Å². The molecule has 0 spiro atoms. The molecule has 3 nitrogen and oxygen atoms in total. The van der Waals surface area contributed by atoms with Gasteiger partial charge in [0.25, 0.3) is 0 Å². The second-order valence-electron chi connectivity index (χ2n) is 6.48. The van der Waals surface area contributed by atoms with Crippen molar-refractivity contribution in [1.82, 2.24) is 0 Å². The predicted molar refractivity (Wildman–Crippen MR) is 83.2 cm³/mol. The summed E-state index contributed by atoms with van der Waals surface area (Å²) in [6.07, 6.45) is 5.04. The van der Waals surface area contributed by atoms with E-state index in [4.69, 9.17) is 0 Å². The van der Waals surface area contributed by atoms with Gasteiger partial charge in [-0.3, -0.25) is 9.59 Å². The van der Waals surface area contributed by atoms with Crippen LogP contribution in [0.2, 0.25) is 0 Å². The van der Waals surface area contributed by atoms with Gasteiger partial charge in [-0.2, -0.15) is 0 Å². The molecule has 3 rings (SSSR count). The number of carbonyl (C=O) groups excluding carboxylic acids is 2. The van der Waals surface area contributed by atoms with Crippen LogP contribution in [0.15, 0.2) is 24.3 Å². The molecule has 1 N–H and O–H groups in total. The molecule has 112 valence electrons. The first-order valence-electron chi connectivity index (χ1n) is 8.02. The maximum atomic E-state index is 12.4. The average Bonchev–Trinajstić information content (AvgIpc) is 2.42. The summed E-state index contributed by atoms with van der Waals surface area (Å²) in [6, 6.07) is 8.02. The van der Waals surface area contributed by atoms with E-state index in [0.29, 0.717) is 6.42 Å². The number of para-hydroxylation sites is 1. The van der Waals surface area contributed by atoms with Crippen molar-refractivity contribution in [3.8, 4) is 0 Å². The minimum Gasteiger partial charge on any atom is -0.326 e. The molecular weight excluding hydrogens is 262 g/mol. The van der Waals surface area contributed by atoms with Gasteiger partial charge in [-0.15, -0.1) is 0 Å². The summed E-state index contributed by atoms with van der Waals surface area (Å²) in [6.45, 7) is 3.86. The smallest absolute Gasteiger partial charge is 0.228 e. The summed E-state index contributed by atoms with van der Waals surface area (Å²) in [4.78, 5) is 24.5. The molecule has 3 atom stereocenters. The Morgan fingerprint density at radius 2 is 2.10 bits per heavy atom. The second kappa shape index (κ2) is 5.28. The van der Waals surface area contributed by atoms with Crippen LogP contribution in [0.4, 0.5) is 5.69 Å². The van der Waals surface area contributed by atoms with E-state index in [0.717, 1.165) is 31.4 Å². The zero-order valence-corrected chi connectivity index (χ0v) is 12.8. The molecule has 2 aliphatic rings. The highest BCUT2D eigenvalue weighted by atomic mass is 16.2. The Hall–Kier alpha value is -1.64. The van der Waals surface area contributed by atoms with Gasteiger partial charge in [0, 0.05) is 22.9 Å². The van der Waals surface area contributed by atoms with Gasteiger partial charge in [0.1, 0.15) is 5.78 Å². The average molecular weight is 285 g/mol. The lowest BCUT2D eigenvalue weighted by atomic mass is 9.46. The molecule has 1 aromatic rings. The first kappa shape index (κ1) is 14.3. The van der Waals surface area contributed by atoms with Crippen molar-refractivity contribution in [2.75, 3.05) is 5.32 Å². The highest BCUT2D eigenvalue weighted by Crippen LogP contribution is 2.60. The van der Waals surface area contributed by atoms with E-state index in [-0.39, 0.29) is 28.9 Å². The summed E-state index contributed by atoms with van der Waals surface area (Å²) < 4.78 is 0. The molecule has 3 heteroatoms. The highest BCUT2D eigenvalue weighted by molar-refractivity contribution is 6.01. The molecule has 1 fully saturated rings. The first-order chi connectivity index (χ1) is 10.1. The summed E-state index contributed by atoms with van der Waals surface area (Å²) in [7, 11) is 0. The zero-order chi connectivity index (χ0) is 15.0. The summed E-state index contributed by atoms with van der Waals surface area (Å²) in [5.74, 6) is 0.305. The monoisotopic (exact) mass is 285 g/mol. The Morgan fingerprint density at radius 3 is 2.81 bits per heavy atom. The SMILES string of the molecule is CCCCCC12c3ccccc3NC(=O)[C@@H]1C[C@H]2C(C)=O. The molecule has 1 unspecified atom stereocenters. The third-order valence-electron chi connectivity index (χ3n) is 5.40. The van der Waals surface area contributed by atoms with E-state index in [1.54, 1.807) is 6.92 Å². The Balaban J connectivity index is 2.05. The van der Waals surface area contributed by atoms with E-state index < -0.39 is 0 Å². The Kier molecular flexibility index (Phi) is 3.60. The zero-order valence-electron chi connectivity index (χ0n) is 12.8. The molecule has 0 radical (unpaired) electrons. The van der Waals surface area contributed by atoms with Crippen LogP contribution in [0.5, 0.6) is 0 Å². The van der Waals surface area contributed by atoms with Gasteiger partial charge in [-0.05, 0) is 31.4 Å². The van der Waals surface area contributed by atoms with Crippen LogP contribution in [0.3, 0.4) is 0 Å². The molecule has 21 heavy (non-hydrogen) atoms. The quantitative estimate of drug-likeness (QED) is 0.839. The number of nitrogens with one attached hydrogen (secondary N) is 1. The third kappa shape index (κ3) is 2.02. The number of carbonyl (C=O) groups is 2. The first-order valence-corrected chi connectivity index (χ1v) is 8.02. The van der Waals surface area contributed by atoms with Crippen LogP contribution >= 0.6 is 0 Å². The Morgan fingerprint density at radius 1 is 1.33 bits per heavy atom. The molecule has 1 aromatic carbocycles. The van der Waals surface area contributed by atoms with Gasteiger partial charge in [0.05, 0.1) is 0 Å². The third-order valence-corrected chi connectivity index (χ3v) is 5.40. The fraction of sp³-hybridized carbons (Fsp3) is 0.556. The fourth-order valence-corrected chi connectivity index (χ4v) is 4.35. The standard InChI is InChI=1S/C18H23NO2/c1-3-4-7-10-18-13-8-5-6-9-16(13)19-17(21)15(18)11-14(18)12(2)20/h5-6,8-9,14-15H,3-4,7,10-11H2,1-2H3,(H,19,21)/t14-,15-,18?/m0/s1. The van der Waals surface area contributed by atoms with Crippen LogP contribution in [0, 0.1) is 11.8 Å². The molecule has 1 saturated carbocycles. The maximum absolute atomic E-state index is 12.4. The van der Waals surface area contributed by atoms with Gasteiger partial charge in [-0.25, -0.2) is 0 Å². The van der Waals surface area contributed by atoms with E-state index in [1.807, 2.05) is 18.2 Å². The van der Waals surface area contributed by atoms with Crippen LogP contribution < -0.4 is 5.32 Å². The highest BCUT2D eigenvalue weighted by Gasteiger charge is 2.62. The van der Waals surface area contributed by atoms with E-state index in [2.05, 4.69) is 18.3 Å².